The summed E-state index contributed by atoms with van der Waals surface area (Å²) < 4.78 is 43.5. The van der Waals surface area contributed by atoms with E-state index in [9.17, 15) is 23.7 Å². The SMILES string of the molecule is N#Cc1ccc2c(c1)c1cc(C#N)ccc1n2-c1cc(-c2cccc(C(F)(F)F)c2)ccc1-c1nc(-c2ccccc2)nc(-c2ccccc2)n1. The molecule has 242 valence electrons. The van der Waals surface area contributed by atoms with Gasteiger partial charge in [0.15, 0.2) is 17.5 Å². The second-order valence-electron chi connectivity index (χ2n) is 11.9. The van der Waals surface area contributed by atoms with Gasteiger partial charge in [0.25, 0.3) is 0 Å². The number of fused-ring (bicyclic) bond motifs is 3. The van der Waals surface area contributed by atoms with Crippen molar-refractivity contribution in [1.29, 1.82) is 10.5 Å². The van der Waals surface area contributed by atoms with Crippen molar-refractivity contribution in [3.05, 3.63) is 156 Å². The molecule has 0 atom stereocenters. The van der Waals surface area contributed by atoms with Gasteiger partial charge in [-0.05, 0) is 71.8 Å². The Morgan fingerprint density at radius 3 is 1.53 bits per heavy atom. The molecule has 0 spiro atoms. The zero-order valence-corrected chi connectivity index (χ0v) is 26.6. The number of alkyl halides is 3. The summed E-state index contributed by atoms with van der Waals surface area (Å²) >= 11 is 0. The minimum Gasteiger partial charge on any atom is -0.308 e. The number of benzene rings is 6. The van der Waals surface area contributed by atoms with Crippen molar-refractivity contribution >= 4 is 21.8 Å². The number of aromatic nitrogens is 4. The summed E-state index contributed by atoms with van der Waals surface area (Å²) in [5.41, 5.74) is 5.24. The number of nitrogens with zero attached hydrogens (tertiary/aromatic N) is 6. The summed E-state index contributed by atoms with van der Waals surface area (Å²) in [6, 6.07) is 44.7. The van der Waals surface area contributed by atoms with Crippen molar-refractivity contribution in [2.24, 2.45) is 0 Å². The van der Waals surface area contributed by atoms with Gasteiger partial charge in [0.1, 0.15) is 0 Å². The van der Waals surface area contributed by atoms with Crippen LogP contribution >= 0.6 is 0 Å². The third-order valence-corrected chi connectivity index (χ3v) is 8.73. The molecule has 0 fully saturated rings. The van der Waals surface area contributed by atoms with Crippen LogP contribution in [0.25, 0.3) is 72.8 Å². The summed E-state index contributed by atoms with van der Waals surface area (Å²) in [7, 11) is 0. The largest absolute Gasteiger partial charge is 0.416 e. The van der Waals surface area contributed by atoms with Gasteiger partial charge in [0.05, 0.1) is 45.5 Å². The van der Waals surface area contributed by atoms with E-state index in [0.717, 1.165) is 45.1 Å². The molecule has 0 bridgehead atoms. The zero-order valence-electron chi connectivity index (χ0n) is 26.6. The fraction of sp³-hybridized carbons (Fsp3) is 0.0238. The lowest BCUT2D eigenvalue weighted by Gasteiger charge is -2.17. The maximum Gasteiger partial charge on any atom is 0.416 e. The monoisotopic (exact) mass is 668 g/mol. The van der Waals surface area contributed by atoms with Gasteiger partial charge in [-0.25, -0.2) is 15.0 Å². The van der Waals surface area contributed by atoms with E-state index in [-0.39, 0.29) is 0 Å². The molecular formula is C42H23F3N6. The van der Waals surface area contributed by atoms with Crippen LogP contribution in [0.15, 0.2) is 140 Å². The Labute approximate surface area is 290 Å². The highest BCUT2D eigenvalue weighted by molar-refractivity contribution is 6.10. The molecule has 2 aromatic heterocycles. The molecule has 8 rings (SSSR count). The number of nitriles is 2. The number of halogens is 3. The van der Waals surface area contributed by atoms with Crippen LogP contribution < -0.4 is 0 Å². The highest BCUT2D eigenvalue weighted by atomic mass is 19.4. The topological polar surface area (TPSA) is 91.2 Å². The quantitative estimate of drug-likeness (QED) is 0.182. The number of hydrogen-bond acceptors (Lipinski definition) is 5. The van der Waals surface area contributed by atoms with Crippen LogP contribution in [0, 0.1) is 22.7 Å². The third kappa shape index (κ3) is 5.73. The Hall–Kier alpha value is -7.10. The smallest absolute Gasteiger partial charge is 0.308 e. The molecule has 0 unspecified atom stereocenters. The van der Waals surface area contributed by atoms with Crippen LogP contribution in [0.3, 0.4) is 0 Å². The Morgan fingerprint density at radius 2 is 1.00 bits per heavy atom. The molecule has 0 N–H and O–H groups in total. The van der Waals surface area contributed by atoms with Crippen molar-refractivity contribution < 1.29 is 13.2 Å². The lowest BCUT2D eigenvalue weighted by atomic mass is 9.99. The van der Waals surface area contributed by atoms with Crippen LogP contribution in [0.1, 0.15) is 16.7 Å². The second-order valence-corrected chi connectivity index (χ2v) is 11.9. The Kier molecular flexibility index (Phi) is 7.59. The van der Waals surface area contributed by atoms with E-state index in [1.54, 1.807) is 36.4 Å². The van der Waals surface area contributed by atoms with Crippen molar-refractivity contribution in [3.8, 4) is 63.1 Å². The maximum atomic E-state index is 13.8. The molecule has 0 aliphatic carbocycles. The predicted molar refractivity (Wildman–Crippen MR) is 190 cm³/mol. The first kappa shape index (κ1) is 31.2. The van der Waals surface area contributed by atoms with Crippen molar-refractivity contribution in [2.45, 2.75) is 6.18 Å². The fourth-order valence-electron chi connectivity index (χ4n) is 6.31. The summed E-state index contributed by atoms with van der Waals surface area (Å²) in [6.07, 6.45) is -4.52. The van der Waals surface area contributed by atoms with Gasteiger partial charge >= 0.3 is 6.18 Å². The van der Waals surface area contributed by atoms with Crippen LogP contribution in [0.5, 0.6) is 0 Å². The average Bonchev–Trinajstić information content (AvgIpc) is 3.50. The fourth-order valence-corrected chi connectivity index (χ4v) is 6.31. The van der Waals surface area contributed by atoms with Gasteiger partial charge < -0.3 is 4.57 Å². The lowest BCUT2D eigenvalue weighted by molar-refractivity contribution is -0.137. The van der Waals surface area contributed by atoms with Crippen LogP contribution in [-0.4, -0.2) is 19.5 Å². The van der Waals surface area contributed by atoms with Crippen molar-refractivity contribution in [1.82, 2.24) is 19.5 Å². The number of hydrogen-bond donors (Lipinski definition) is 0. The average molecular weight is 669 g/mol. The van der Waals surface area contributed by atoms with Crippen LogP contribution in [0.4, 0.5) is 13.2 Å². The molecule has 51 heavy (non-hydrogen) atoms. The van der Waals surface area contributed by atoms with E-state index in [4.69, 9.17) is 15.0 Å². The molecule has 0 saturated carbocycles. The summed E-state index contributed by atoms with van der Waals surface area (Å²) in [5.74, 6) is 1.25. The molecule has 2 heterocycles. The van der Waals surface area contributed by atoms with E-state index >= 15 is 0 Å². The van der Waals surface area contributed by atoms with E-state index < -0.39 is 11.7 Å². The second kappa shape index (κ2) is 12.4. The highest BCUT2D eigenvalue weighted by Gasteiger charge is 2.30. The number of rotatable bonds is 5. The van der Waals surface area contributed by atoms with Crippen molar-refractivity contribution in [2.75, 3.05) is 0 Å². The van der Waals surface area contributed by atoms with Gasteiger partial charge in [-0.3, -0.25) is 0 Å². The first-order valence-corrected chi connectivity index (χ1v) is 15.9. The maximum absolute atomic E-state index is 13.8. The minimum absolute atomic E-state index is 0.352. The van der Waals surface area contributed by atoms with Crippen LogP contribution in [-0.2, 0) is 6.18 Å². The summed E-state index contributed by atoms with van der Waals surface area (Å²) in [5, 5.41) is 21.0. The van der Waals surface area contributed by atoms with Gasteiger partial charge in [0.2, 0.25) is 0 Å². The first-order chi connectivity index (χ1) is 24.8. The Bertz CT molecular complexity index is 2580. The predicted octanol–water partition coefficient (Wildman–Crippen LogP) is 10.4. The normalized spacial score (nSPS) is 11.4. The first-order valence-electron chi connectivity index (χ1n) is 15.9. The van der Waals surface area contributed by atoms with Gasteiger partial charge in [-0.1, -0.05) is 78.9 Å². The molecule has 8 aromatic rings. The molecule has 0 saturated heterocycles. The van der Waals surface area contributed by atoms with E-state index in [1.807, 2.05) is 89.5 Å². The zero-order chi connectivity index (χ0) is 35.1. The molecule has 6 nitrogen and oxygen atoms in total. The molecule has 0 aliphatic heterocycles. The van der Waals surface area contributed by atoms with Gasteiger partial charge in [0, 0.05) is 27.5 Å². The molecule has 0 amide bonds. The minimum atomic E-state index is -4.52. The van der Waals surface area contributed by atoms with Gasteiger partial charge in [-0.2, -0.15) is 23.7 Å². The highest BCUT2D eigenvalue weighted by Crippen LogP contribution is 2.40. The Morgan fingerprint density at radius 1 is 0.490 bits per heavy atom. The Balaban J connectivity index is 1.46. The standard InChI is InChI=1S/C42H23F3N6/c43-42(44,45)32-13-7-12-30(22-32)31-16-17-33(41-49-39(28-8-3-1-4-9-28)48-40(50-41)29-10-5-2-6-11-29)38(23-31)51-36-18-14-26(24-46)20-34(36)35-21-27(25-47)15-19-37(35)51/h1-23H. The molecular weight excluding hydrogens is 645 g/mol. The molecule has 0 radical (unpaired) electrons. The molecule has 6 aromatic carbocycles. The van der Waals surface area contributed by atoms with E-state index in [2.05, 4.69) is 12.1 Å². The summed E-state index contributed by atoms with van der Waals surface area (Å²) in [6.45, 7) is 0. The van der Waals surface area contributed by atoms with Crippen LogP contribution in [0.2, 0.25) is 0 Å². The molecule has 0 aliphatic rings. The summed E-state index contributed by atoms with van der Waals surface area (Å²) in [4.78, 5) is 14.8. The lowest BCUT2D eigenvalue weighted by Crippen LogP contribution is -2.05. The van der Waals surface area contributed by atoms with E-state index in [0.29, 0.717) is 51.0 Å². The van der Waals surface area contributed by atoms with Crippen molar-refractivity contribution in [3.63, 3.8) is 0 Å². The van der Waals surface area contributed by atoms with E-state index in [1.165, 1.54) is 6.07 Å². The van der Waals surface area contributed by atoms with Gasteiger partial charge in [-0.15, -0.1) is 0 Å². The molecule has 9 heteroatoms. The third-order valence-electron chi connectivity index (χ3n) is 8.73.